The fourth-order valence-electron chi connectivity index (χ4n) is 18.4. The van der Waals surface area contributed by atoms with Crippen LogP contribution in [-0.4, -0.2) is 35.7 Å². The third-order valence-corrected chi connectivity index (χ3v) is 22.7. The highest BCUT2D eigenvalue weighted by Gasteiger charge is 2.59. The number of hydrogen-bond donors (Lipinski definition) is 7. The number of aryl methyl sites for hydroxylation is 7. The van der Waals surface area contributed by atoms with Crippen LogP contribution in [0.25, 0.3) is 0 Å². The van der Waals surface area contributed by atoms with Crippen LogP contribution in [0.2, 0.25) is 0 Å². The predicted molar refractivity (Wildman–Crippen MR) is 334 cm³/mol. The van der Waals surface area contributed by atoms with Gasteiger partial charge in [-0.2, -0.15) is 0 Å². The van der Waals surface area contributed by atoms with Crippen LogP contribution in [0.15, 0.2) is 152 Å². The average Bonchev–Trinajstić information content (AvgIpc) is 1.64. The average molecular weight is 1120 g/mol. The van der Waals surface area contributed by atoms with Gasteiger partial charge in [0, 0.05) is 16.7 Å². The van der Waals surface area contributed by atoms with E-state index in [0.717, 1.165) is 64.6 Å². The monoisotopic (exact) mass is 1120 g/mol. The molecule has 432 valence electrons. The molecule has 0 aliphatic heterocycles. The summed E-state index contributed by atoms with van der Waals surface area (Å²) in [6.07, 6.45) is 10.4. The van der Waals surface area contributed by atoms with Gasteiger partial charge in [0.15, 0.2) is 0 Å². The van der Waals surface area contributed by atoms with Gasteiger partial charge in [0.05, 0.1) is 0 Å². The summed E-state index contributed by atoms with van der Waals surface area (Å²) in [4.78, 5) is 0. The maximum absolute atomic E-state index is 10.4. The lowest BCUT2D eigenvalue weighted by Gasteiger charge is -2.42. The van der Waals surface area contributed by atoms with Crippen molar-refractivity contribution in [2.45, 2.75) is 141 Å². The maximum Gasteiger partial charge on any atom is 0.118 e. The minimum absolute atomic E-state index is 0.125. The van der Waals surface area contributed by atoms with Crippen LogP contribution in [0.5, 0.6) is 40.2 Å². The van der Waals surface area contributed by atoms with Gasteiger partial charge in [0.1, 0.15) is 40.2 Å². The molecule has 6 bridgehead atoms. The van der Waals surface area contributed by atoms with E-state index in [0.29, 0.717) is 99.4 Å². The molecule has 7 nitrogen and oxygen atoms in total. The quantitative estimate of drug-likeness (QED) is 0.0723. The summed E-state index contributed by atoms with van der Waals surface area (Å²) < 4.78 is 0. The van der Waals surface area contributed by atoms with Crippen LogP contribution in [0.3, 0.4) is 0 Å². The number of phenolic OH excluding ortho intramolecular Hbond substituents is 7. The first-order valence-electron chi connectivity index (χ1n) is 31.0. The molecule has 7 heteroatoms. The lowest BCUT2D eigenvalue weighted by atomic mass is 9.61. The largest absolute Gasteiger partial charge is 0.508 e. The lowest BCUT2D eigenvalue weighted by Crippen LogP contribution is -2.36. The molecule has 0 saturated heterocycles. The Hall–Kier alpha value is -7.64. The van der Waals surface area contributed by atoms with Crippen molar-refractivity contribution in [2.24, 2.45) is 41.4 Å². The first kappa shape index (κ1) is 55.5. The van der Waals surface area contributed by atoms with Gasteiger partial charge in [-0.3, -0.25) is 0 Å². The Labute approximate surface area is 496 Å². The molecular weight excluding hydrogens is 1040 g/mol. The second-order valence-electron chi connectivity index (χ2n) is 27.2. The maximum atomic E-state index is 10.4. The molecule has 14 rings (SSSR count). The van der Waals surface area contributed by atoms with E-state index in [1.807, 2.05) is 90.9 Å². The highest BCUT2D eigenvalue weighted by molar-refractivity contribution is 5.54. The van der Waals surface area contributed by atoms with Crippen molar-refractivity contribution in [3.63, 3.8) is 0 Å². The fraction of sp³-hybridized carbons (Fsp3) is 0.377. The topological polar surface area (TPSA) is 142 Å². The zero-order valence-electron chi connectivity index (χ0n) is 49.8. The fourth-order valence-corrected chi connectivity index (χ4v) is 18.4. The SMILES string of the molecule is Cc1cc(C(c2ccc(O)c(C)c2)C2CC3CC2C[C@H]3c2ccc(O)c(C)c2)ccc1O.Cc1cc(C2(c3ccc(O)c(C)c3)CC3CC2CC3c2ccc(C3CC4CC3CC4(c3ccc(O)c(C)c3)c3ccc(O)c(C)c3)cc2)ccc1O. The normalized spacial score (nSPS) is 25.8. The summed E-state index contributed by atoms with van der Waals surface area (Å²) in [6, 6.07) is 52.6. The third-order valence-electron chi connectivity index (χ3n) is 22.7. The van der Waals surface area contributed by atoms with Crippen molar-refractivity contribution in [1.29, 1.82) is 0 Å². The second kappa shape index (κ2) is 21.2. The van der Waals surface area contributed by atoms with E-state index in [2.05, 4.69) is 109 Å². The number of aromatic hydroxyl groups is 7. The number of benzene rings is 8. The van der Waals surface area contributed by atoms with E-state index in [-0.39, 0.29) is 16.7 Å². The van der Waals surface area contributed by atoms with Gasteiger partial charge in [0.2, 0.25) is 0 Å². The van der Waals surface area contributed by atoms with Crippen LogP contribution in [0.4, 0.5) is 0 Å². The Bertz CT molecular complexity index is 3530. The molecule has 6 fully saturated rings. The van der Waals surface area contributed by atoms with Crippen LogP contribution < -0.4 is 0 Å². The smallest absolute Gasteiger partial charge is 0.118 e. The summed E-state index contributed by atoms with van der Waals surface area (Å²) in [5, 5.41) is 71.7. The van der Waals surface area contributed by atoms with Crippen molar-refractivity contribution in [1.82, 2.24) is 0 Å². The molecule has 0 heterocycles. The third kappa shape index (κ3) is 9.31. The Morgan fingerprint density at radius 3 is 0.929 bits per heavy atom. The van der Waals surface area contributed by atoms with Crippen molar-refractivity contribution < 1.29 is 35.7 Å². The molecule has 0 spiro atoms. The summed E-state index contributed by atoms with van der Waals surface area (Å²) in [7, 11) is 0. The summed E-state index contributed by atoms with van der Waals surface area (Å²) in [6.45, 7) is 13.9. The lowest BCUT2D eigenvalue weighted by molar-refractivity contribution is 0.279. The predicted octanol–water partition coefficient (Wildman–Crippen LogP) is 17.4. The zero-order valence-corrected chi connectivity index (χ0v) is 49.8. The molecule has 6 saturated carbocycles. The van der Waals surface area contributed by atoms with Gasteiger partial charge >= 0.3 is 0 Å². The van der Waals surface area contributed by atoms with E-state index in [9.17, 15) is 35.7 Å². The zero-order chi connectivity index (χ0) is 58.7. The molecule has 6 aliphatic rings. The van der Waals surface area contributed by atoms with E-state index in [1.165, 1.54) is 82.2 Å². The van der Waals surface area contributed by atoms with Crippen molar-refractivity contribution in [3.8, 4) is 40.2 Å². The van der Waals surface area contributed by atoms with E-state index in [1.54, 1.807) is 0 Å². The minimum atomic E-state index is -0.125. The molecule has 6 aliphatic carbocycles. The van der Waals surface area contributed by atoms with E-state index in [4.69, 9.17) is 0 Å². The van der Waals surface area contributed by atoms with Gasteiger partial charge in [-0.05, 0) is 297 Å². The Kier molecular flexibility index (Phi) is 14.0. The molecule has 0 aromatic heterocycles. The molecule has 8 aromatic carbocycles. The summed E-state index contributed by atoms with van der Waals surface area (Å²) >= 11 is 0. The van der Waals surface area contributed by atoms with Crippen LogP contribution in [0.1, 0.15) is 170 Å². The minimum Gasteiger partial charge on any atom is -0.508 e. The van der Waals surface area contributed by atoms with Gasteiger partial charge in [-0.15, -0.1) is 0 Å². The van der Waals surface area contributed by atoms with Gasteiger partial charge in [-0.1, -0.05) is 109 Å². The Morgan fingerprint density at radius 1 is 0.298 bits per heavy atom. The number of fused-ring (bicyclic) bond motifs is 6. The Balaban J connectivity index is 0.000000176. The van der Waals surface area contributed by atoms with Gasteiger partial charge in [-0.25, -0.2) is 0 Å². The molecule has 7 N–H and O–H groups in total. The molecule has 8 aromatic rings. The van der Waals surface area contributed by atoms with Crippen LogP contribution in [-0.2, 0) is 10.8 Å². The van der Waals surface area contributed by atoms with E-state index >= 15 is 0 Å². The highest BCUT2D eigenvalue weighted by atomic mass is 16.3. The number of hydrogen-bond acceptors (Lipinski definition) is 7. The van der Waals surface area contributed by atoms with Crippen molar-refractivity contribution in [3.05, 3.63) is 241 Å². The van der Waals surface area contributed by atoms with Gasteiger partial charge in [0.25, 0.3) is 0 Å². The number of phenols is 7. The Morgan fingerprint density at radius 2 is 0.619 bits per heavy atom. The summed E-state index contributed by atoms with van der Waals surface area (Å²) in [5.74, 6) is 8.28. The van der Waals surface area contributed by atoms with Crippen LogP contribution in [0, 0.1) is 89.9 Å². The molecule has 10 atom stereocenters. The molecule has 0 radical (unpaired) electrons. The van der Waals surface area contributed by atoms with E-state index < -0.39 is 0 Å². The van der Waals surface area contributed by atoms with Crippen molar-refractivity contribution >= 4 is 0 Å². The van der Waals surface area contributed by atoms with Crippen LogP contribution >= 0.6 is 0 Å². The van der Waals surface area contributed by atoms with Crippen molar-refractivity contribution in [2.75, 3.05) is 0 Å². The molecule has 9 unspecified atom stereocenters. The first-order valence-corrected chi connectivity index (χ1v) is 31.0. The summed E-state index contributed by atoms with van der Waals surface area (Å²) in [5.41, 5.74) is 18.1. The molecular formula is C77H82O7. The first-order chi connectivity index (χ1) is 40.3. The highest BCUT2D eigenvalue weighted by Crippen LogP contribution is 2.67. The second-order valence-corrected chi connectivity index (χ2v) is 27.2. The standard InChI is InChI=1S/C48H50O4.C29H32O3/c1-27-17-35(9-13-43(27)49)47(36-10-14-44(50)28(2)18-36)25-33-21-39(47)23-41(33)31-5-7-32(8-6-31)42-24-40-22-34(42)26-48(40,37-11-15-45(51)29(3)19-37)38-12-16-46(52)30(4)20-38;1-16-10-19(4-7-26(16)30)24-14-23-13-22(24)15-25(23)29(20-5-8-27(31)17(2)11-20)21-6-9-28(32)18(3)12-21/h5-20,33-34,39-42,49-52H,21-26H2,1-4H3;4-12,22-25,29-32H,13-15H2,1-3H3/t;22?,23?,24-,25?/m.0/s1. The van der Waals surface area contributed by atoms with Gasteiger partial charge < -0.3 is 35.7 Å². The number of rotatable bonds is 10. The molecule has 84 heavy (non-hydrogen) atoms. The molecule has 0 amide bonds.